The number of nitrogens with one attached hydrogen (secondary N) is 1. The Kier molecular flexibility index (Phi) is 8.74. The van der Waals surface area contributed by atoms with Gasteiger partial charge < -0.3 is 29.7 Å². The molecule has 3 aromatic rings. The molecule has 1 unspecified atom stereocenters. The summed E-state index contributed by atoms with van der Waals surface area (Å²) in [6, 6.07) is 14.2. The van der Waals surface area contributed by atoms with Gasteiger partial charge in [-0.2, -0.15) is 5.10 Å². The summed E-state index contributed by atoms with van der Waals surface area (Å²) in [5, 5.41) is 7.41. The minimum absolute atomic E-state index is 0.0362. The van der Waals surface area contributed by atoms with E-state index in [0.29, 0.717) is 58.0 Å². The van der Waals surface area contributed by atoms with Crippen LogP contribution in [0.5, 0.6) is 0 Å². The van der Waals surface area contributed by atoms with Crippen molar-refractivity contribution in [3.8, 4) is 0 Å². The molecule has 2 fully saturated rings. The van der Waals surface area contributed by atoms with Gasteiger partial charge in [-0.25, -0.2) is 14.1 Å². The summed E-state index contributed by atoms with van der Waals surface area (Å²) in [7, 11) is 4.14. The van der Waals surface area contributed by atoms with Crippen molar-refractivity contribution < 1.29 is 19.1 Å². The Labute approximate surface area is 258 Å². The normalized spacial score (nSPS) is 19.1. The number of ether oxygens (including phenoxy) is 1. The van der Waals surface area contributed by atoms with E-state index in [1.54, 1.807) is 11.1 Å². The first kappa shape index (κ1) is 29.9. The van der Waals surface area contributed by atoms with Crippen LogP contribution in [0.3, 0.4) is 0 Å². The lowest BCUT2D eigenvalue weighted by molar-refractivity contribution is -0.142. The van der Waals surface area contributed by atoms with Gasteiger partial charge in [-0.1, -0.05) is 18.2 Å². The van der Waals surface area contributed by atoms with Crippen LogP contribution in [0, 0.1) is 6.92 Å². The highest BCUT2D eigenvalue weighted by molar-refractivity contribution is 5.91. The Morgan fingerprint density at radius 2 is 1.73 bits per heavy atom. The molecule has 3 aliphatic heterocycles. The zero-order chi connectivity index (χ0) is 30.8. The molecule has 1 atom stereocenters. The van der Waals surface area contributed by atoms with E-state index in [1.165, 1.54) is 0 Å². The predicted octanol–water partition coefficient (Wildman–Crippen LogP) is 3.80. The van der Waals surface area contributed by atoms with Crippen molar-refractivity contribution >= 4 is 29.2 Å². The molecule has 11 nitrogen and oxygen atoms in total. The highest BCUT2D eigenvalue weighted by Crippen LogP contribution is 2.26. The number of carbonyl (C=O) groups excluding carboxylic acids is 3. The Morgan fingerprint density at radius 1 is 1.00 bits per heavy atom. The molecule has 4 amide bonds. The van der Waals surface area contributed by atoms with Gasteiger partial charge in [-0.05, 0) is 88.5 Å². The van der Waals surface area contributed by atoms with Crippen LogP contribution in [0.25, 0.3) is 5.52 Å². The summed E-state index contributed by atoms with van der Waals surface area (Å²) in [6.45, 7) is 4.84. The average molecular weight is 602 g/mol. The van der Waals surface area contributed by atoms with Crippen LogP contribution in [0.4, 0.5) is 15.3 Å². The predicted molar refractivity (Wildman–Crippen MR) is 168 cm³/mol. The SMILES string of the molecule is Cc1cc(CC(OC(=O)N2CCC(N3CCc4ccccc4NC3=O)CC2)C(=O)N2CCC(N(C)C)CC2)cc2ccnn12. The Bertz CT molecular complexity index is 1500. The molecule has 11 heteroatoms. The van der Waals surface area contributed by atoms with Crippen LogP contribution in [0.15, 0.2) is 48.7 Å². The standard InChI is InChI=1S/C33H43N7O4/c1-23-20-24(21-28-8-14-34-40(23)28)22-30(31(41)37-15-10-26(11-16-37)36(2)3)44-33(43)38-17-12-27(13-18-38)39-19-9-25-6-4-5-7-29(25)35-32(39)42/h4-8,14,20-21,26-27,30H,9-13,15-19,22H2,1-3H3,(H,35,42). The lowest BCUT2D eigenvalue weighted by Crippen LogP contribution is -2.52. The van der Waals surface area contributed by atoms with Gasteiger partial charge in [0.1, 0.15) is 0 Å². The molecule has 44 heavy (non-hydrogen) atoms. The summed E-state index contributed by atoms with van der Waals surface area (Å²) in [5.41, 5.74) is 4.82. The molecular formula is C33H43N7O4. The van der Waals surface area contributed by atoms with Gasteiger partial charge in [0.2, 0.25) is 0 Å². The zero-order valence-corrected chi connectivity index (χ0v) is 25.9. The molecule has 6 rings (SSSR count). The van der Waals surface area contributed by atoms with E-state index >= 15 is 0 Å². The number of aromatic nitrogens is 2. The molecule has 0 radical (unpaired) electrons. The molecule has 0 bridgehead atoms. The van der Waals surface area contributed by atoms with Crippen LogP contribution in [-0.4, -0.2) is 112 Å². The Hall–Kier alpha value is -4.12. The fourth-order valence-corrected chi connectivity index (χ4v) is 6.89. The van der Waals surface area contributed by atoms with Crippen molar-refractivity contribution in [3.63, 3.8) is 0 Å². The number of rotatable bonds is 6. The molecule has 0 aliphatic carbocycles. The number of anilines is 1. The fourth-order valence-electron chi connectivity index (χ4n) is 6.89. The summed E-state index contributed by atoms with van der Waals surface area (Å²) in [4.78, 5) is 48.1. The number of likely N-dealkylation sites (tertiary alicyclic amines) is 2. The van der Waals surface area contributed by atoms with E-state index in [-0.39, 0.29) is 18.0 Å². The first-order valence-corrected chi connectivity index (χ1v) is 15.8. The molecule has 2 aromatic heterocycles. The van der Waals surface area contributed by atoms with Crippen molar-refractivity contribution in [2.75, 3.05) is 52.1 Å². The van der Waals surface area contributed by atoms with Crippen molar-refractivity contribution in [2.24, 2.45) is 0 Å². The number of hydrogen-bond acceptors (Lipinski definition) is 6. The minimum Gasteiger partial charge on any atom is -0.436 e. The second-order valence-electron chi connectivity index (χ2n) is 12.5. The third kappa shape index (κ3) is 6.38. The summed E-state index contributed by atoms with van der Waals surface area (Å²) in [6.07, 6.45) is 4.55. The number of para-hydroxylation sites is 1. The van der Waals surface area contributed by atoms with Crippen molar-refractivity contribution in [2.45, 2.75) is 63.6 Å². The molecule has 1 aromatic carbocycles. The molecule has 2 saturated heterocycles. The third-order valence-electron chi connectivity index (χ3n) is 9.49. The largest absolute Gasteiger partial charge is 0.436 e. The zero-order valence-electron chi connectivity index (χ0n) is 25.9. The molecule has 234 valence electrons. The fraction of sp³-hybridized carbons (Fsp3) is 0.515. The number of pyridine rings is 1. The monoisotopic (exact) mass is 601 g/mol. The number of amides is 4. The molecule has 0 spiro atoms. The number of fused-ring (bicyclic) bond motifs is 2. The van der Waals surface area contributed by atoms with Crippen LogP contribution >= 0.6 is 0 Å². The maximum atomic E-state index is 13.9. The molecule has 3 aliphatic rings. The summed E-state index contributed by atoms with van der Waals surface area (Å²) < 4.78 is 7.90. The topological polar surface area (TPSA) is 103 Å². The number of benzene rings is 1. The molecular weight excluding hydrogens is 558 g/mol. The van der Waals surface area contributed by atoms with Crippen molar-refractivity contribution in [1.29, 1.82) is 0 Å². The van der Waals surface area contributed by atoms with E-state index in [4.69, 9.17) is 4.74 Å². The van der Waals surface area contributed by atoms with E-state index < -0.39 is 12.2 Å². The number of carbonyl (C=O) groups is 3. The van der Waals surface area contributed by atoms with E-state index in [9.17, 15) is 14.4 Å². The lowest BCUT2D eigenvalue weighted by Gasteiger charge is -2.38. The maximum Gasteiger partial charge on any atom is 0.410 e. The van der Waals surface area contributed by atoms with E-state index in [0.717, 1.165) is 47.3 Å². The molecule has 1 N–H and O–H groups in total. The van der Waals surface area contributed by atoms with Gasteiger partial charge >= 0.3 is 12.1 Å². The Morgan fingerprint density at radius 3 is 2.48 bits per heavy atom. The molecule has 0 saturated carbocycles. The summed E-state index contributed by atoms with van der Waals surface area (Å²) in [5.74, 6) is -0.141. The minimum atomic E-state index is -0.921. The van der Waals surface area contributed by atoms with Crippen LogP contribution in [0.2, 0.25) is 0 Å². The average Bonchev–Trinajstić information content (AvgIpc) is 3.44. The van der Waals surface area contributed by atoms with Crippen molar-refractivity contribution in [1.82, 2.24) is 29.2 Å². The van der Waals surface area contributed by atoms with Gasteiger partial charge in [0.25, 0.3) is 5.91 Å². The van der Waals surface area contributed by atoms with E-state index in [1.807, 2.05) is 57.6 Å². The number of aryl methyl sites for hydroxylation is 1. The smallest absolute Gasteiger partial charge is 0.410 e. The van der Waals surface area contributed by atoms with Crippen LogP contribution in [0.1, 0.15) is 42.5 Å². The number of hydrogen-bond donors (Lipinski definition) is 1. The number of piperidine rings is 2. The highest BCUT2D eigenvalue weighted by atomic mass is 16.6. The van der Waals surface area contributed by atoms with Gasteiger partial charge in [0.05, 0.1) is 5.52 Å². The second kappa shape index (κ2) is 12.9. The van der Waals surface area contributed by atoms with Gasteiger partial charge in [0, 0.05) is 68.8 Å². The van der Waals surface area contributed by atoms with E-state index in [2.05, 4.69) is 35.5 Å². The maximum absolute atomic E-state index is 13.9. The van der Waals surface area contributed by atoms with Gasteiger partial charge in [-0.15, -0.1) is 0 Å². The lowest BCUT2D eigenvalue weighted by atomic mass is 10.0. The van der Waals surface area contributed by atoms with Gasteiger partial charge in [0.15, 0.2) is 6.10 Å². The van der Waals surface area contributed by atoms with Crippen LogP contribution in [-0.2, 0) is 22.4 Å². The van der Waals surface area contributed by atoms with Crippen LogP contribution < -0.4 is 5.32 Å². The number of nitrogens with zero attached hydrogens (tertiary/aromatic N) is 6. The summed E-state index contributed by atoms with van der Waals surface area (Å²) >= 11 is 0. The second-order valence-corrected chi connectivity index (χ2v) is 12.5. The number of urea groups is 1. The molecule has 5 heterocycles. The Balaban J connectivity index is 1.11. The quantitative estimate of drug-likeness (QED) is 0.461. The third-order valence-corrected chi connectivity index (χ3v) is 9.49. The van der Waals surface area contributed by atoms with Gasteiger partial charge in [-0.3, -0.25) is 4.79 Å². The highest BCUT2D eigenvalue weighted by Gasteiger charge is 2.35. The first-order valence-electron chi connectivity index (χ1n) is 15.8. The first-order chi connectivity index (χ1) is 21.3. The van der Waals surface area contributed by atoms with Crippen molar-refractivity contribution in [3.05, 3.63) is 65.5 Å².